The lowest BCUT2D eigenvalue weighted by Crippen LogP contribution is -2.42. The number of hydrogen-bond acceptors (Lipinski definition) is 4. The predicted molar refractivity (Wildman–Crippen MR) is 81.9 cm³/mol. The molecule has 2 N–H and O–H groups in total. The fraction of sp³-hybridized carbons (Fsp3) is 0.562. The van der Waals surface area contributed by atoms with Gasteiger partial charge in [0.05, 0.1) is 19.8 Å². The standard InChI is InChI=1S/C16H24N2O3/c1-20-14-9-5-8-13(15(14)21-2)16(19)18(11-10-17)12-6-3-4-7-12/h5,8-9,12H,3-4,6-7,10-11,17H2,1-2H3. The molecule has 0 aliphatic heterocycles. The van der Waals surface area contributed by atoms with Gasteiger partial charge in [-0.25, -0.2) is 0 Å². The fourth-order valence-electron chi connectivity index (χ4n) is 3.02. The van der Waals surface area contributed by atoms with Gasteiger partial charge in [-0.1, -0.05) is 18.9 Å². The van der Waals surface area contributed by atoms with E-state index < -0.39 is 0 Å². The first-order valence-electron chi connectivity index (χ1n) is 7.45. The topological polar surface area (TPSA) is 64.8 Å². The summed E-state index contributed by atoms with van der Waals surface area (Å²) >= 11 is 0. The summed E-state index contributed by atoms with van der Waals surface area (Å²) in [6, 6.07) is 5.67. The van der Waals surface area contributed by atoms with Crippen molar-refractivity contribution >= 4 is 5.91 Å². The molecule has 5 nitrogen and oxygen atoms in total. The second kappa shape index (κ2) is 7.31. The largest absolute Gasteiger partial charge is 0.493 e. The number of benzene rings is 1. The molecule has 0 aromatic heterocycles. The molecular formula is C16H24N2O3. The van der Waals surface area contributed by atoms with Crippen molar-refractivity contribution in [2.45, 2.75) is 31.7 Å². The number of amides is 1. The van der Waals surface area contributed by atoms with Crippen molar-refractivity contribution in [1.82, 2.24) is 4.90 Å². The fourth-order valence-corrected chi connectivity index (χ4v) is 3.02. The van der Waals surface area contributed by atoms with Gasteiger partial charge in [0.25, 0.3) is 5.91 Å². The maximum atomic E-state index is 12.9. The molecule has 1 saturated carbocycles. The molecular weight excluding hydrogens is 268 g/mol. The van der Waals surface area contributed by atoms with Crippen LogP contribution in [-0.2, 0) is 0 Å². The molecule has 21 heavy (non-hydrogen) atoms. The molecule has 1 fully saturated rings. The minimum Gasteiger partial charge on any atom is -0.493 e. The Labute approximate surface area is 126 Å². The van der Waals surface area contributed by atoms with E-state index in [2.05, 4.69) is 0 Å². The first-order chi connectivity index (χ1) is 10.2. The van der Waals surface area contributed by atoms with Crippen LogP contribution in [0.4, 0.5) is 0 Å². The van der Waals surface area contributed by atoms with Gasteiger partial charge in [-0.3, -0.25) is 4.79 Å². The molecule has 5 heteroatoms. The number of ether oxygens (including phenoxy) is 2. The van der Waals surface area contributed by atoms with E-state index in [-0.39, 0.29) is 11.9 Å². The molecule has 2 rings (SSSR count). The SMILES string of the molecule is COc1cccc(C(=O)N(CCN)C2CCCC2)c1OC. The number of nitrogens with two attached hydrogens (primary N) is 1. The number of nitrogens with zero attached hydrogens (tertiary/aromatic N) is 1. The first-order valence-corrected chi connectivity index (χ1v) is 7.45. The van der Waals surface area contributed by atoms with Gasteiger partial charge in [0, 0.05) is 19.1 Å². The quantitative estimate of drug-likeness (QED) is 0.871. The van der Waals surface area contributed by atoms with E-state index in [0.29, 0.717) is 30.2 Å². The number of para-hydroxylation sites is 1. The predicted octanol–water partition coefficient (Wildman–Crippen LogP) is 2.05. The van der Waals surface area contributed by atoms with Crippen LogP contribution in [0.15, 0.2) is 18.2 Å². The Morgan fingerprint density at radius 1 is 1.29 bits per heavy atom. The zero-order chi connectivity index (χ0) is 15.2. The van der Waals surface area contributed by atoms with Crippen molar-refractivity contribution in [2.75, 3.05) is 27.3 Å². The average molecular weight is 292 g/mol. The van der Waals surface area contributed by atoms with Gasteiger partial charge >= 0.3 is 0 Å². The summed E-state index contributed by atoms with van der Waals surface area (Å²) in [5.74, 6) is 1.04. The van der Waals surface area contributed by atoms with E-state index in [4.69, 9.17) is 15.2 Å². The molecule has 1 aromatic carbocycles. The van der Waals surface area contributed by atoms with Crippen molar-refractivity contribution in [3.63, 3.8) is 0 Å². The summed E-state index contributed by atoms with van der Waals surface area (Å²) < 4.78 is 10.6. The van der Waals surface area contributed by atoms with Crippen LogP contribution >= 0.6 is 0 Å². The molecule has 0 bridgehead atoms. The van der Waals surface area contributed by atoms with Gasteiger partial charge in [-0.2, -0.15) is 0 Å². The number of carbonyl (C=O) groups is 1. The second-order valence-corrected chi connectivity index (χ2v) is 5.27. The van der Waals surface area contributed by atoms with Crippen molar-refractivity contribution < 1.29 is 14.3 Å². The maximum Gasteiger partial charge on any atom is 0.258 e. The van der Waals surface area contributed by atoms with Crippen LogP contribution in [-0.4, -0.2) is 44.2 Å². The third-order valence-electron chi connectivity index (χ3n) is 4.03. The molecule has 0 unspecified atom stereocenters. The zero-order valence-corrected chi connectivity index (χ0v) is 12.8. The minimum absolute atomic E-state index is 0.0249. The molecule has 0 heterocycles. The zero-order valence-electron chi connectivity index (χ0n) is 12.8. The van der Waals surface area contributed by atoms with Crippen LogP contribution in [0, 0.1) is 0 Å². The highest BCUT2D eigenvalue weighted by Crippen LogP contribution is 2.33. The highest BCUT2D eigenvalue weighted by atomic mass is 16.5. The van der Waals surface area contributed by atoms with Crippen molar-refractivity contribution in [3.05, 3.63) is 23.8 Å². The first kappa shape index (κ1) is 15.6. The van der Waals surface area contributed by atoms with E-state index >= 15 is 0 Å². The van der Waals surface area contributed by atoms with Crippen molar-refractivity contribution in [2.24, 2.45) is 5.73 Å². The lowest BCUT2D eigenvalue weighted by atomic mass is 10.1. The van der Waals surface area contributed by atoms with Gasteiger partial charge in [0.1, 0.15) is 0 Å². The maximum absolute atomic E-state index is 12.9. The summed E-state index contributed by atoms with van der Waals surface area (Å²) in [5.41, 5.74) is 6.23. The molecule has 0 radical (unpaired) electrons. The number of methoxy groups -OCH3 is 2. The highest BCUT2D eigenvalue weighted by Gasteiger charge is 2.29. The molecule has 0 saturated heterocycles. The van der Waals surface area contributed by atoms with Crippen LogP contribution in [0.5, 0.6) is 11.5 Å². The monoisotopic (exact) mass is 292 g/mol. The number of rotatable bonds is 6. The lowest BCUT2D eigenvalue weighted by Gasteiger charge is -2.29. The van der Waals surface area contributed by atoms with Crippen LogP contribution in [0.3, 0.4) is 0 Å². The van der Waals surface area contributed by atoms with E-state index in [0.717, 1.165) is 12.8 Å². The second-order valence-electron chi connectivity index (χ2n) is 5.27. The minimum atomic E-state index is -0.0249. The van der Waals surface area contributed by atoms with Gasteiger partial charge in [-0.05, 0) is 25.0 Å². The Balaban J connectivity index is 2.31. The Hall–Kier alpha value is -1.75. The molecule has 1 amide bonds. The summed E-state index contributed by atoms with van der Waals surface area (Å²) in [7, 11) is 3.12. The average Bonchev–Trinajstić information content (AvgIpc) is 3.05. The Bertz CT molecular complexity index is 484. The van der Waals surface area contributed by atoms with E-state index in [1.165, 1.54) is 12.8 Å². The van der Waals surface area contributed by atoms with E-state index in [1.807, 2.05) is 11.0 Å². The van der Waals surface area contributed by atoms with Crippen molar-refractivity contribution in [3.8, 4) is 11.5 Å². The third kappa shape index (κ3) is 3.29. The normalized spacial score (nSPS) is 15.0. The van der Waals surface area contributed by atoms with Crippen molar-refractivity contribution in [1.29, 1.82) is 0 Å². The van der Waals surface area contributed by atoms with Gasteiger partial charge in [-0.15, -0.1) is 0 Å². The summed E-state index contributed by atoms with van der Waals surface area (Å²) in [6.45, 7) is 1.04. The molecule has 1 aliphatic carbocycles. The van der Waals surface area contributed by atoms with Gasteiger partial charge < -0.3 is 20.1 Å². The smallest absolute Gasteiger partial charge is 0.258 e. The van der Waals surface area contributed by atoms with Crippen LogP contribution in [0.1, 0.15) is 36.0 Å². The molecule has 1 aliphatic rings. The molecule has 1 aromatic rings. The van der Waals surface area contributed by atoms with Gasteiger partial charge in [0.2, 0.25) is 0 Å². The number of hydrogen-bond donors (Lipinski definition) is 1. The van der Waals surface area contributed by atoms with E-state index in [1.54, 1.807) is 26.4 Å². The number of carbonyl (C=O) groups excluding carboxylic acids is 1. The Kier molecular flexibility index (Phi) is 5.44. The third-order valence-corrected chi connectivity index (χ3v) is 4.03. The molecule has 116 valence electrons. The Morgan fingerprint density at radius 2 is 2.00 bits per heavy atom. The molecule has 0 atom stereocenters. The Morgan fingerprint density at radius 3 is 2.57 bits per heavy atom. The summed E-state index contributed by atoms with van der Waals surface area (Å²) in [5, 5.41) is 0. The lowest BCUT2D eigenvalue weighted by molar-refractivity contribution is 0.0684. The van der Waals surface area contributed by atoms with Crippen LogP contribution < -0.4 is 15.2 Å². The van der Waals surface area contributed by atoms with Crippen LogP contribution in [0.2, 0.25) is 0 Å². The van der Waals surface area contributed by atoms with Gasteiger partial charge in [0.15, 0.2) is 11.5 Å². The summed E-state index contributed by atoms with van der Waals surface area (Å²) in [4.78, 5) is 14.8. The molecule has 0 spiro atoms. The van der Waals surface area contributed by atoms with Crippen LogP contribution in [0.25, 0.3) is 0 Å². The summed E-state index contributed by atoms with van der Waals surface area (Å²) in [6.07, 6.45) is 4.46. The van der Waals surface area contributed by atoms with E-state index in [9.17, 15) is 4.79 Å². The highest BCUT2D eigenvalue weighted by molar-refractivity contribution is 5.98.